The second kappa shape index (κ2) is 6.04. The summed E-state index contributed by atoms with van der Waals surface area (Å²) in [6.45, 7) is 0. The first-order valence-corrected chi connectivity index (χ1v) is 6.24. The molecule has 1 N–H and O–H groups in total. The lowest BCUT2D eigenvalue weighted by atomic mass is 10.0. The number of rotatable bonds is 4. The van der Waals surface area contributed by atoms with E-state index in [-0.39, 0.29) is 5.82 Å². The summed E-state index contributed by atoms with van der Waals surface area (Å²) in [6, 6.07) is 11.2. The summed E-state index contributed by atoms with van der Waals surface area (Å²) in [5.41, 5.74) is 1.31. The highest BCUT2D eigenvalue weighted by atomic mass is 35.5. The summed E-state index contributed by atoms with van der Waals surface area (Å²) in [5.74, 6) is 0.246. The minimum atomic E-state index is -0.796. The van der Waals surface area contributed by atoms with E-state index in [2.05, 4.69) is 0 Å². The number of ether oxygens (including phenoxy) is 1. The Morgan fingerprint density at radius 2 is 2.05 bits per heavy atom. The Bertz CT molecular complexity index is 572. The zero-order valence-corrected chi connectivity index (χ0v) is 11.2. The molecule has 1 unspecified atom stereocenters. The molecule has 0 aliphatic rings. The Labute approximate surface area is 116 Å². The van der Waals surface area contributed by atoms with Gasteiger partial charge in [-0.1, -0.05) is 23.7 Å². The van der Waals surface area contributed by atoms with Gasteiger partial charge >= 0.3 is 0 Å². The molecule has 4 heteroatoms. The number of benzene rings is 2. The Morgan fingerprint density at radius 1 is 1.26 bits per heavy atom. The van der Waals surface area contributed by atoms with Crippen molar-refractivity contribution in [3.63, 3.8) is 0 Å². The third-order valence-corrected chi connectivity index (χ3v) is 3.10. The first-order valence-electron chi connectivity index (χ1n) is 5.86. The van der Waals surface area contributed by atoms with Crippen molar-refractivity contribution in [3.8, 4) is 5.75 Å². The van der Waals surface area contributed by atoms with Gasteiger partial charge in [-0.05, 0) is 35.9 Å². The van der Waals surface area contributed by atoms with Crippen LogP contribution in [0.3, 0.4) is 0 Å². The Kier molecular flexibility index (Phi) is 4.40. The fourth-order valence-corrected chi connectivity index (χ4v) is 2.14. The van der Waals surface area contributed by atoms with Crippen molar-refractivity contribution < 1.29 is 14.2 Å². The van der Waals surface area contributed by atoms with Gasteiger partial charge in [0.2, 0.25) is 0 Å². The molecule has 2 aromatic carbocycles. The maximum atomic E-state index is 13.1. The van der Waals surface area contributed by atoms with E-state index < -0.39 is 6.10 Å². The van der Waals surface area contributed by atoms with E-state index in [1.807, 2.05) is 0 Å². The zero-order valence-electron chi connectivity index (χ0n) is 10.4. The van der Waals surface area contributed by atoms with Gasteiger partial charge in [-0.3, -0.25) is 0 Å². The molecule has 0 bridgehead atoms. The molecule has 2 nitrogen and oxygen atoms in total. The summed E-state index contributed by atoms with van der Waals surface area (Å²) < 4.78 is 18.3. The quantitative estimate of drug-likeness (QED) is 0.924. The van der Waals surface area contributed by atoms with E-state index >= 15 is 0 Å². The molecule has 0 radical (unpaired) electrons. The van der Waals surface area contributed by atoms with E-state index in [4.69, 9.17) is 16.3 Å². The molecule has 2 aromatic rings. The van der Waals surface area contributed by atoms with Gasteiger partial charge in [0, 0.05) is 17.0 Å². The van der Waals surface area contributed by atoms with Crippen molar-refractivity contribution in [2.45, 2.75) is 12.5 Å². The molecule has 0 amide bonds. The van der Waals surface area contributed by atoms with Gasteiger partial charge in [0.15, 0.2) is 0 Å². The molecule has 2 rings (SSSR count). The molecule has 0 aromatic heterocycles. The van der Waals surface area contributed by atoms with Crippen LogP contribution in [0.25, 0.3) is 0 Å². The molecule has 100 valence electrons. The normalized spacial score (nSPS) is 12.2. The van der Waals surface area contributed by atoms with Gasteiger partial charge in [0.1, 0.15) is 11.6 Å². The van der Waals surface area contributed by atoms with Crippen molar-refractivity contribution in [1.29, 1.82) is 0 Å². The van der Waals surface area contributed by atoms with Crippen LogP contribution in [-0.4, -0.2) is 12.2 Å². The third kappa shape index (κ3) is 3.46. The van der Waals surface area contributed by atoms with Crippen LogP contribution in [0.5, 0.6) is 5.75 Å². The van der Waals surface area contributed by atoms with E-state index in [1.54, 1.807) is 30.3 Å². The van der Waals surface area contributed by atoms with Crippen LogP contribution in [-0.2, 0) is 6.42 Å². The van der Waals surface area contributed by atoms with Crippen molar-refractivity contribution in [2.75, 3.05) is 7.11 Å². The van der Waals surface area contributed by atoms with Crippen molar-refractivity contribution in [1.82, 2.24) is 0 Å². The molecule has 0 saturated carbocycles. The maximum Gasteiger partial charge on any atom is 0.124 e. The maximum absolute atomic E-state index is 13.1. The lowest BCUT2D eigenvalue weighted by Crippen LogP contribution is -2.04. The number of hydrogen-bond acceptors (Lipinski definition) is 2. The molecule has 0 aliphatic heterocycles. The van der Waals surface area contributed by atoms with Gasteiger partial charge in [-0.25, -0.2) is 4.39 Å². The number of aliphatic hydroxyl groups excluding tert-OH is 1. The summed E-state index contributed by atoms with van der Waals surface area (Å²) in [6.07, 6.45) is -0.496. The predicted octanol–water partition coefficient (Wildman–Crippen LogP) is 3.76. The lowest BCUT2D eigenvalue weighted by Gasteiger charge is -2.15. The number of methoxy groups -OCH3 is 1. The molecular weight excluding hydrogens is 267 g/mol. The number of hydrogen-bond donors (Lipinski definition) is 1. The van der Waals surface area contributed by atoms with Gasteiger partial charge in [0.25, 0.3) is 0 Å². The average molecular weight is 281 g/mol. The number of aliphatic hydroxyl groups is 1. The molecule has 19 heavy (non-hydrogen) atoms. The fourth-order valence-electron chi connectivity index (χ4n) is 1.96. The third-order valence-electron chi connectivity index (χ3n) is 2.87. The van der Waals surface area contributed by atoms with Crippen molar-refractivity contribution in [2.24, 2.45) is 0 Å². The highest BCUT2D eigenvalue weighted by Gasteiger charge is 2.14. The molecule has 0 saturated heterocycles. The van der Waals surface area contributed by atoms with E-state index in [1.165, 1.54) is 19.2 Å². The van der Waals surface area contributed by atoms with Gasteiger partial charge in [0.05, 0.1) is 13.2 Å². The van der Waals surface area contributed by atoms with Crippen LogP contribution in [0.1, 0.15) is 17.2 Å². The van der Waals surface area contributed by atoms with Crippen LogP contribution >= 0.6 is 11.6 Å². The first kappa shape index (κ1) is 13.8. The first-order chi connectivity index (χ1) is 9.10. The smallest absolute Gasteiger partial charge is 0.124 e. The van der Waals surface area contributed by atoms with E-state index in [0.29, 0.717) is 22.8 Å². The topological polar surface area (TPSA) is 29.5 Å². The van der Waals surface area contributed by atoms with E-state index in [0.717, 1.165) is 5.56 Å². The second-order valence-electron chi connectivity index (χ2n) is 4.24. The van der Waals surface area contributed by atoms with Crippen molar-refractivity contribution in [3.05, 3.63) is 64.4 Å². The van der Waals surface area contributed by atoms with Crippen LogP contribution in [0.2, 0.25) is 5.02 Å². The van der Waals surface area contributed by atoms with Gasteiger partial charge < -0.3 is 9.84 Å². The van der Waals surface area contributed by atoms with E-state index in [9.17, 15) is 9.50 Å². The largest absolute Gasteiger partial charge is 0.496 e. The monoisotopic (exact) mass is 280 g/mol. The van der Waals surface area contributed by atoms with Crippen molar-refractivity contribution >= 4 is 11.6 Å². The Hall–Kier alpha value is -1.58. The Balaban J connectivity index is 2.24. The Morgan fingerprint density at radius 3 is 2.74 bits per heavy atom. The average Bonchev–Trinajstić information content (AvgIpc) is 2.38. The minimum Gasteiger partial charge on any atom is -0.496 e. The minimum absolute atomic E-state index is 0.300. The van der Waals surface area contributed by atoms with Crippen LogP contribution < -0.4 is 4.74 Å². The van der Waals surface area contributed by atoms with Crippen LogP contribution in [0, 0.1) is 5.82 Å². The molecule has 0 fully saturated rings. The number of halogens is 2. The molecule has 0 heterocycles. The SMILES string of the molecule is COc1ccc(Cl)cc1C(O)Cc1cccc(F)c1. The molecule has 0 aliphatic carbocycles. The zero-order chi connectivity index (χ0) is 13.8. The van der Waals surface area contributed by atoms with Gasteiger partial charge in [-0.15, -0.1) is 0 Å². The lowest BCUT2D eigenvalue weighted by molar-refractivity contribution is 0.174. The highest BCUT2D eigenvalue weighted by molar-refractivity contribution is 6.30. The summed E-state index contributed by atoms with van der Waals surface area (Å²) in [7, 11) is 1.53. The summed E-state index contributed by atoms with van der Waals surface area (Å²) in [5, 5.41) is 10.8. The summed E-state index contributed by atoms with van der Waals surface area (Å²) in [4.78, 5) is 0. The molecule has 1 atom stereocenters. The second-order valence-corrected chi connectivity index (χ2v) is 4.67. The predicted molar refractivity (Wildman–Crippen MR) is 73.1 cm³/mol. The van der Waals surface area contributed by atoms with Crippen LogP contribution in [0.15, 0.2) is 42.5 Å². The molecular formula is C15H14ClFO2. The highest BCUT2D eigenvalue weighted by Crippen LogP contribution is 2.30. The van der Waals surface area contributed by atoms with Crippen LogP contribution in [0.4, 0.5) is 4.39 Å². The summed E-state index contributed by atoms with van der Waals surface area (Å²) >= 11 is 5.92. The molecule has 0 spiro atoms. The fraction of sp³-hybridized carbons (Fsp3) is 0.200. The van der Waals surface area contributed by atoms with Gasteiger partial charge in [-0.2, -0.15) is 0 Å². The standard InChI is InChI=1S/C15H14ClFO2/c1-19-15-6-5-11(16)9-13(15)14(18)8-10-3-2-4-12(17)7-10/h2-7,9,14,18H,8H2,1H3.